The van der Waals surface area contributed by atoms with Crippen LogP contribution in [0, 0.1) is 0 Å². The number of amides is 1. The first kappa shape index (κ1) is 12.9. The summed E-state index contributed by atoms with van der Waals surface area (Å²) in [5.74, 6) is 0.749. The van der Waals surface area contributed by atoms with E-state index >= 15 is 0 Å². The van der Waals surface area contributed by atoms with E-state index in [4.69, 9.17) is 17.3 Å². The summed E-state index contributed by atoms with van der Waals surface area (Å²) in [4.78, 5) is 17.8. The minimum Gasteiger partial charge on any atom is -0.386 e. The van der Waals surface area contributed by atoms with Crippen molar-refractivity contribution >= 4 is 34.7 Å². The maximum absolute atomic E-state index is 11.8. The summed E-state index contributed by atoms with van der Waals surface area (Å²) in [5, 5.41) is 0. The van der Waals surface area contributed by atoms with Gasteiger partial charge in [-0.25, -0.2) is 4.99 Å². The molecule has 1 aromatic rings. The van der Waals surface area contributed by atoms with Crippen LogP contribution < -0.4 is 10.6 Å². The fourth-order valence-electron chi connectivity index (χ4n) is 2.01. The quantitative estimate of drug-likeness (QED) is 0.518. The van der Waals surface area contributed by atoms with Crippen molar-refractivity contribution in [3.63, 3.8) is 0 Å². The third kappa shape index (κ3) is 3.01. The van der Waals surface area contributed by atoms with Crippen molar-refractivity contribution < 1.29 is 4.79 Å². The number of piperidine rings is 1. The highest BCUT2D eigenvalue weighted by atomic mass is 35.5. The molecule has 4 nitrogen and oxygen atoms in total. The molecule has 1 aliphatic rings. The maximum atomic E-state index is 11.8. The molecule has 96 valence electrons. The normalized spacial score (nSPS) is 17.1. The first-order valence-electron chi connectivity index (χ1n) is 6.00. The highest BCUT2D eigenvalue weighted by Gasteiger charge is 2.19. The highest BCUT2D eigenvalue weighted by Crippen LogP contribution is 2.25. The van der Waals surface area contributed by atoms with Crippen LogP contribution in [-0.4, -0.2) is 24.2 Å². The lowest BCUT2D eigenvalue weighted by Crippen LogP contribution is -2.35. The van der Waals surface area contributed by atoms with Crippen molar-refractivity contribution in [2.75, 3.05) is 17.3 Å². The Bertz CT molecular complexity index is 473. The third-order valence-corrected chi connectivity index (χ3v) is 3.15. The Morgan fingerprint density at radius 1 is 1.44 bits per heavy atom. The average molecular weight is 266 g/mol. The summed E-state index contributed by atoms with van der Waals surface area (Å²) in [5.41, 5.74) is 7.20. The second-order valence-corrected chi connectivity index (χ2v) is 4.53. The second-order valence-electron chi connectivity index (χ2n) is 4.26. The van der Waals surface area contributed by atoms with Gasteiger partial charge in [0.1, 0.15) is 5.84 Å². The molecule has 1 fully saturated rings. The number of carbonyl (C=O) groups excluding carboxylic acids is 1. The number of alkyl halides is 1. The van der Waals surface area contributed by atoms with Gasteiger partial charge in [-0.15, -0.1) is 11.6 Å². The number of amidine groups is 1. The van der Waals surface area contributed by atoms with Crippen LogP contribution in [-0.2, 0) is 4.79 Å². The van der Waals surface area contributed by atoms with Crippen molar-refractivity contribution in [2.45, 2.75) is 19.3 Å². The number of anilines is 1. The molecule has 1 aliphatic heterocycles. The molecule has 0 aliphatic carbocycles. The van der Waals surface area contributed by atoms with Gasteiger partial charge >= 0.3 is 0 Å². The van der Waals surface area contributed by atoms with E-state index in [2.05, 4.69) is 4.99 Å². The minimum absolute atomic E-state index is 0.174. The predicted molar refractivity (Wildman–Crippen MR) is 74.6 cm³/mol. The van der Waals surface area contributed by atoms with E-state index in [-0.39, 0.29) is 11.8 Å². The number of nitrogens with two attached hydrogens (primary N) is 1. The van der Waals surface area contributed by atoms with Gasteiger partial charge in [-0.05, 0) is 31.0 Å². The number of nitrogens with zero attached hydrogens (tertiary/aromatic N) is 2. The summed E-state index contributed by atoms with van der Waals surface area (Å²) in [7, 11) is 0. The summed E-state index contributed by atoms with van der Waals surface area (Å²) in [6, 6.07) is 7.50. The molecule has 1 saturated heterocycles. The smallest absolute Gasteiger partial charge is 0.226 e. The molecule has 0 spiro atoms. The average Bonchev–Trinajstić information content (AvgIpc) is 2.39. The Labute approximate surface area is 111 Å². The van der Waals surface area contributed by atoms with Crippen molar-refractivity contribution in [3.05, 3.63) is 24.3 Å². The standard InChI is InChI=1S/C13H16ClN3O/c14-9-12(15)16-10-4-3-5-11(8-10)17-7-2-1-6-13(17)18/h3-5,8H,1-2,6-7,9H2,(H2,15,16). The molecule has 0 radical (unpaired) electrons. The lowest BCUT2D eigenvalue weighted by molar-refractivity contribution is -0.119. The van der Waals surface area contributed by atoms with Crippen molar-refractivity contribution in [1.29, 1.82) is 0 Å². The Kier molecular flexibility index (Phi) is 4.20. The number of hydrogen-bond acceptors (Lipinski definition) is 2. The van der Waals surface area contributed by atoms with Crippen LogP contribution in [0.3, 0.4) is 0 Å². The van der Waals surface area contributed by atoms with Crippen molar-refractivity contribution in [2.24, 2.45) is 10.7 Å². The van der Waals surface area contributed by atoms with Crippen LogP contribution in [0.4, 0.5) is 11.4 Å². The lowest BCUT2D eigenvalue weighted by Gasteiger charge is -2.26. The zero-order valence-electron chi connectivity index (χ0n) is 10.1. The zero-order valence-corrected chi connectivity index (χ0v) is 10.9. The summed E-state index contributed by atoms with van der Waals surface area (Å²) >= 11 is 5.59. The third-order valence-electron chi connectivity index (χ3n) is 2.87. The Morgan fingerprint density at radius 2 is 2.28 bits per heavy atom. The van der Waals surface area contributed by atoms with Crippen LogP contribution >= 0.6 is 11.6 Å². The van der Waals surface area contributed by atoms with Crippen LogP contribution in [0.25, 0.3) is 0 Å². The predicted octanol–water partition coefficient (Wildman–Crippen LogP) is 2.43. The Balaban J connectivity index is 2.23. The molecule has 2 rings (SSSR count). The number of aliphatic imine (C=N–C) groups is 1. The van der Waals surface area contributed by atoms with E-state index < -0.39 is 0 Å². The molecule has 18 heavy (non-hydrogen) atoms. The van der Waals surface area contributed by atoms with Gasteiger partial charge in [0.25, 0.3) is 0 Å². The molecule has 0 atom stereocenters. The number of benzene rings is 1. The molecular formula is C13H16ClN3O. The zero-order chi connectivity index (χ0) is 13.0. The van der Waals surface area contributed by atoms with Gasteiger partial charge in [0.15, 0.2) is 0 Å². The van der Waals surface area contributed by atoms with Gasteiger partial charge in [-0.2, -0.15) is 0 Å². The molecule has 0 saturated carbocycles. The fourth-order valence-corrected chi connectivity index (χ4v) is 2.06. The van der Waals surface area contributed by atoms with Gasteiger partial charge in [0, 0.05) is 18.7 Å². The van der Waals surface area contributed by atoms with Crippen LogP contribution in [0.2, 0.25) is 0 Å². The fraction of sp³-hybridized carbons (Fsp3) is 0.385. The Hall–Kier alpha value is -1.55. The Morgan fingerprint density at radius 3 is 3.00 bits per heavy atom. The largest absolute Gasteiger partial charge is 0.386 e. The van der Waals surface area contributed by atoms with Crippen LogP contribution in [0.15, 0.2) is 29.3 Å². The molecule has 1 heterocycles. The molecule has 0 aromatic heterocycles. The summed E-state index contributed by atoms with van der Waals surface area (Å²) in [6.45, 7) is 0.775. The molecule has 0 bridgehead atoms. The van der Waals surface area contributed by atoms with Crippen molar-refractivity contribution in [3.8, 4) is 0 Å². The van der Waals surface area contributed by atoms with E-state index in [0.717, 1.165) is 30.8 Å². The highest BCUT2D eigenvalue weighted by molar-refractivity contribution is 6.28. The van der Waals surface area contributed by atoms with Crippen LogP contribution in [0.1, 0.15) is 19.3 Å². The number of rotatable bonds is 3. The minimum atomic E-state index is 0.174. The lowest BCUT2D eigenvalue weighted by atomic mass is 10.1. The van der Waals surface area contributed by atoms with Crippen LogP contribution in [0.5, 0.6) is 0 Å². The second kappa shape index (κ2) is 5.87. The molecular weight excluding hydrogens is 250 g/mol. The first-order chi connectivity index (χ1) is 8.70. The summed E-state index contributed by atoms with van der Waals surface area (Å²) in [6.07, 6.45) is 2.65. The number of carbonyl (C=O) groups is 1. The topological polar surface area (TPSA) is 58.7 Å². The van der Waals surface area contributed by atoms with Gasteiger partial charge in [-0.3, -0.25) is 4.79 Å². The summed E-state index contributed by atoms with van der Waals surface area (Å²) < 4.78 is 0. The monoisotopic (exact) mass is 265 g/mol. The van der Waals surface area contributed by atoms with Gasteiger partial charge in [-0.1, -0.05) is 6.07 Å². The van der Waals surface area contributed by atoms with Gasteiger partial charge < -0.3 is 10.6 Å². The number of hydrogen-bond donors (Lipinski definition) is 1. The molecule has 1 amide bonds. The van der Waals surface area contributed by atoms with E-state index in [1.165, 1.54) is 0 Å². The SMILES string of the molecule is NC(CCl)=Nc1cccc(N2CCCCC2=O)c1. The van der Waals surface area contributed by atoms with Gasteiger partial charge in [0.05, 0.1) is 11.6 Å². The maximum Gasteiger partial charge on any atom is 0.226 e. The first-order valence-corrected chi connectivity index (χ1v) is 6.53. The van der Waals surface area contributed by atoms with Crippen molar-refractivity contribution in [1.82, 2.24) is 0 Å². The van der Waals surface area contributed by atoms with E-state index in [1.807, 2.05) is 24.3 Å². The van der Waals surface area contributed by atoms with E-state index in [9.17, 15) is 4.79 Å². The molecule has 2 N–H and O–H groups in total. The van der Waals surface area contributed by atoms with E-state index in [0.29, 0.717) is 12.3 Å². The van der Waals surface area contributed by atoms with Gasteiger partial charge in [0.2, 0.25) is 5.91 Å². The molecule has 0 unspecified atom stereocenters. The molecule has 5 heteroatoms. The molecule has 1 aromatic carbocycles. The number of halogens is 1. The van der Waals surface area contributed by atoms with E-state index in [1.54, 1.807) is 4.90 Å².